The van der Waals surface area contributed by atoms with E-state index < -0.39 is 0 Å². The van der Waals surface area contributed by atoms with Crippen LogP contribution in [-0.2, 0) is 9.47 Å². The molecule has 0 aliphatic carbocycles. The molecule has 1 unspecified atom stereocenters. The van der Waals surface area contributed by atoms with E-state index in [-0.39, 0.29) is 6.29 Å². The molecule has 1 fully saturated rings. The van der Waals surface area contributed by atoms with Gasteiger partial charge in [0.25, 0.3) is 0 Å². The van der Waals surface area contributed by atoms with Crippen LogP contribution in [0.3, 0.4) is 0 Å². The third-order valence-electron chi connectivity index (χ3n) is 1.94. The lowest BCUT2D eigenvalue weighted by Gasteiger charge is -2.22. The molecule has 0 radical (unpaired) electrons. The van der Waals surface area contributed by atoms with E-state index in [2.05, 4.69) is 0 Å². The zero-order valence-electron chi connectivity index (χ0n) is 7.34. The van der Waals surface area contributed by atoms with Crippen molar-refractivity contribution >= 4 is 10.2 Å². The van der Waals surface area contributed by atoms with Crippen molar-refractivity contribution in [1.29, 1.82) is 0 Å². The highest BCUT2D eigenvalue weighted by atomic mass is 28.1. The summed E-state index contributed by atoms with van der Waals surface area (Å²) in [5.74, 6) is 0. The normalized spacial score (nSPS) is 25.6. The number of rotatable bonds is 4. The Morgan fingerprint density at radius 2 is 2.36 bits per heavy atom. The second kappa shape index (κ2) is 5.74. The summed E-state index contributed by atoms with van der Waals surface area (Å²) in [5.41, 5.74) is 0. The molecule has 1 aliphatic rings. The molecule has 2 nitrogen and oxygen atoms in total. The molecule has 0 aromatic rings. The summed E-state index contributed by atoms with van der Waals surface area (Å²) in [6, 6.07) is 1.34. The maximum Gasteiger partial charge on any atom is 0.157 e. The Morgan fingerprint density at radius 1 is 1.45 bits per heavy atom. The van der Waals surface area contributed by atoms with E-state index in [9.17, 15) is 0 Å². The summed E-state index contributed by atoms with van der Waals surface area (Å²) in [5, 5.41) is 0. The van der Waals surface area contributed by atoms with Crippen LogP contribution in [0, 0.1) is 0 Å². The van der Waals surface area contributed by atoms with Crippen molar-refractivity contribution in [2.45, 2.75) is 38.0 Å². The lowest BCUT2D eigenvalue weighted by Crippen LogP contribution is -2.22. The molecule has 0 saturated carbocycles. The molecule has 1 heterocycles. The fraction of sp³-hybridized carbons (Fsp3) is 1.00. The second-order valence-corrected chi connectivity index (χ2v) is 4.02. The van der Waals surface area contributed by atoms with Gasteiger partial charge < -0.3 is 9.47 Å². The van der Waals surface area contributed by atoms with E-state index in [0.717, 1.165) is 19.6 Å². The Hall–Kier alpha value is 0.137. The molecule has 0 bridgehead atoms. The molecule has 66 valence electrons. The van der Waals surface area contributed by atoms with Gasteiger partial charge in [0, 0.05) is 23.5 Å². The van der Waals surface area contributed by atoms with E-state index in [1.165, 1.54) is 35.5 Å². The van der Waals surface area contributed by atoms with Crippen molar-refractivity contribution in [3.63, 3.8) is 0 Å². The first-order valence-electron chi connectivity index (χ1n) is 4.66. The topological polar surface area (TPSA) is 18.5 Å². The lowest BCUT2D eigenvalue weighted by atomic mass is 10.2. The minimum Gasteiger partial charge on any atom is -0.353 e. The zero-order chi connectivity index (χ0) is 7.94. The van der Waals surface area contributed by atoms with Crippen LogP contribution < -0.4 is 0 Å². The van der Waals surface area contributed by atoms with Gasteiger partial charge in [0.2, 0.25) is 0 Å². The predicted octanol–water partition coefficient (Wildman–Crippen LogP) is 0.703. The van der Waals surface area contributed by atoms with Crippen LogP contribution in [0.15, 0.2) is 0 Å². The van der Waals surface area contributed by atoms with Crippen molar-refractivity contribution in [2.75, 3.05) is 13.2 Å². The molecule has 1 rings (SSSR count). The van der Waals surface area contributed by atoms with Gasteiger partial charge >= 0.3 is 0 Å². The largest absolute Gasteiger partial charge is 0.353 e. The van der Waals surface area contributed by atoms with Crippen LogP contribution in [0.5, 0.6) is 0 Å². The Balaban J connectivity index is 1.96. The SMILES string of the molecule is [SiH3]CCCOC1CCCCO1. The van der Waals surface area contributed by atoms with Crippen LogP contribution in [0.25, 0.3) is 0 Å². The van der Waals surface area contributed by atoms with Gasteiger partial charge in [-0.2, -0.15) is 0 Å². The standard InChI is InChI=1S/C8H18O2Si/c11-7-3-6-10-8-4-1-2-5-9-8/h8H,1-7H2,11H3. The molecule has 1 saturated heterocycles. The van der Waals surface area contributed by atoms with Gasteiger partial charge in [0.1, 0.15) is 0 Å². The average Bonchev–Trinajstić information content (AvgIpc) is 2.07. The highest BCUT2D eigenvalue weighted by molar-refractivity contribution is 6.08. The quantitative estimate of drug-likeness (QED) is 0.461. The van der Waals surface area contributed by atoms with Gasteiger partial charge in [-0.15, -0.1) is 0 Å². The van der Waals surface area contributed by atoms with Gasteiger partial charge in [-0.1, -0.05) is 6.04 Å². The Kier molecular flexibility index (Phi) is 4.82. The summed E-state index contributed by atoms with van der Waals surface area (Å²) in [6.45, 7) is 1.79. The van der Waals surface area contributed by atoms with Crippen LogP contribution in [0.4, 0.5) is 0 Å². The van der Waals surface area contributed by atoms with E-state index in [0.29, 0.717) is 0 Å². The van der Waals surface area contributed by atoms with Crippen LogP contribution >= 0.6 is 0 Å². The molecule has 1 aliphatic heterocycles. The Labute approximate surface area is 71.7 Å². The van der Waals surface area contributed by atoms with E-state index >= 15 is 0 Å². The summed E-state index contributed by atoms with van der Waals surface area (Å²) in [4.78, 5) is 0. The third kappa shape index (κ3) is 3.89. The average molecular weight is 174 g/mol. The van der Waals surface area contributed by atoms with Crippen molar-refractivity contribution in [3.05, 3.63) is 0 Å². The number of ether oxygens (including phenoxy) is 2. The fourth-order valence-electron chi connectivity index (χ4n) is 1.20. The molecular weight excluding hydrogens is 156 g/mol. The van der Waals surface area contributed by atoms with Gasteiger partial charge in [-0.05, 0) is 25.7 Å². The molecule has 0 aromatic carbocycles. The monoisotopic (exact) mass is 174 g/mol. The van der Waals surface area contributed by atoms with Gasteiger partial charge in [-0.3, -0.25) is 0 Å². The second-order valence-electron chi connectivity index (χ2n) is 3.02. The molecule has 0 spiro atoms. The first kappa shape index (κ1) is 9.23. The van der Waals surface area contributed by atoms with Crippen molar-refractivity contribution in [2.24, 2.45) is 0 Å². The summed E-state index contributed by atoms with van der Waals surface area (Å²) in [7, 11) is 1.30. The van der Waals surface area contributed by atoms with Crippen molar-refractivity contribution < 1.29 is 9.47 Å². The fourth-order valence-corrected chi connectivity index (χ4v) is 1.49. The summed E-state index contributed by atoms with van der Waals surface area (Å²) < 4.78 is 10.9. The summed E-state index contributed by atoms with van der Waals surface area (Å²) >= 11 is 0. The van der Waals surface area contributed by atoms with Crippen molar-refractivity contribution in [3.8, 4) is 0 Å². The minimum absolute atomic E-state index is 0.122. The van der Waals surface area contributed by atoms with E-state index in [1.54, 1.807) is 0 Å². The lowest BCUT2D eigenvalue weighted by molar-refractivity contribution is -0.162. The first-order valence-corrected chi connectivity index (χ1v) is 6.08. The Bertz CT molecular complexity index is 92.1. The van der Waals surface area contributed by atoms with Gasteiger partial charge in [0.15, 0.2) is 6.29 Å². The van der Waals surface area contributed by atoms with Crippen LogP contribution in [0.2, 0.25) is 6.04 Å². The molecule has 0 aromatic heterocycles. The minimum atomic E-state index is 0.122. The molecule has 0 amide bonds. The van der Waals surface area contributed by atoms with Crippen LogP contribution in [-0.4, -0.2) is 29.7 Å². The van der Waals surface area contributed by atoms with E-state index in [4.69, 9.17) is 9.47 Å². The highest BCUT2D eigenvalue weighted by Crippen LogP contribution is 2.13. The van der Waals surface area contributed by atoms with E-state index in [1.807, 2.05) is 0 Å². The molecule has 3 heteroatoms. The van der Waals surface area contributed by atoms with Crippen LogP contribution in [0.1, 0.15) is 25.7 Å². The molecule has 11 heavy (non-hydrogen) atoms. The maximum atomic E-state index is 5.52. The van der Waals surface area contributed by atoms with Gasteiger partial charge in [-0.25, -0.2) is 0 Å². The highest BCUT2D eigenvalue weighted by Gasteiger charge is 2.12. The van der Waals surface area contributed by atoms with Gasteiger partial charge in [0.05, 0.1) is 0 Å². The summed E-state index contributed by atoms with van der Waals surface area (Å²) in [6.07, 6.45) is 4.91. The zero-order valence-corrected chi connectivity index (χ0v) is 9.34. The number of hydrogen-bond acceptors (Lipinski definition) is 2. The van der Waals surface area contributed by atoms with Crippen molar-refractivity contribution in [1.82, 2.24) is 0 Å². The third-order valence-corrected chi connectivity index (χ3v) is 2.65. The molecule has 1 atom stereocenters. The smallest absolute Gasteiger partial charge is 0.157 e. The number of hydrogen-bond donors (Lipinski definition) is 0. The molecule has 0 N–H and O–H groups in total. The first-order chi connectivity index (χ1) is 5.43. The predicted molar refractivity (Wildman–Crippen MR) is 48.9 cm³/mol. The molecular formula is C8H18O2Si. The Morgan fingerprint density at radius 3 is 3.00 bits per heavy atom. The maximum absolute atomic E-state index is 5.52.